The van der Waals surface area contributed by atoms with Crippen LogP contribution in [-0.4, -0.2) is 84.4 Å². The first-order valence-corrected chi connectivity index (χ1v) is 14.5. The first-order valence-electron chi connectivity index (χ1n) is 12.6. The van der Waals surface area contributed by atoms with Crippen LogP contribution in [-0.2, 0) is 0 Å². The van der Waals surface area contributed by atoms with Gasteiger partial charge in [-0.2, -0.15) is 0 Å². The van der Waals surface area contributed by atoms with E-state index < -0.39 is 0 Å². The lowest BCUT2D eigenvalue weighted by molar-refractivity contribution is 0.0490. The number of piperazine rings is 1. The zero-order valence-corrected chi connectivity index (χ0v) is 24.1. The van der Waals surface area contributed by atoms with Crippen LogP contribution in [0.3, 0.4) is 0 Å². The molecular formula is C26H31Cl2IN6O. The zero-order valence-electron chi connectivity index (χ0n) is 20.4. The van der Waals surface area contributed by atoms with Gasteiger partial charge >= 0.3 is 0 Å². The summed E-state index contributed by atoms with van der Waals surface area (Å²) < 4.78 is 0.905. The monoisotopic (exact) mass is 640 g/mol. The summed E-state index contributed by atoms with van der Waals surface area (Å²) in [5, 5.41) is 4.62. The molecular weight excluding hydrogens is 610 g/mol. The number of carbonyl (C=O) groups is 1. The third-order valence-corrected chi connectivity index (χ3v) is 8.86. The van der Waals surface area contributed by atoms with E-state index in [1.54, 1.807) is 6.07 Å². The van der Waals surface area contributed by atoms with Crippen molar-refractivity contribution in [2.75, 3.05) is 50.7 Å². The van der Waals surface area contributed by atoms with E-state index in [0.717, 1.165) is 91.4 Å². The van der Waals surface area contributed by atoms with Crippen LogP contribution in [0.1, 0.15) is 42.1 Å². The molecule has 1 aromatic heterocycles. The molecule has 0 unspecified atom stereocenters. The van der Waals surface area contributed by atoms with Crippen LogP contribution in [0.5, 0.6) is 0 Å². The Morgan fingerprint density at radius 2 is 1.97 bits per heavy atom. The van der Waals surface area contributed by atoms with Crippen molar-refractivity contribution in [2.45, 2.75) is 38.3 Å². The summed E-state index contributed by atoms with van der Waals surface area (Å²) in [5.41, 5.74) is 1.69. The quantitative estimate of drug-likeness (QED) is 0.486. The molecule has 10 heteroatoms. The summed E-state index contributed by atoms with van der Waals surface area (Å²) in [4.78, 5) is 29.3. The second kappa shape index (κ2) is 11.4. The molecule has 1 amide bonds. The Kier molecular flexibility index (Phi) is 8.24. The highest BCUT2D eigenvalue weighted by atomic mass is 127. The number of benzene rings is 1. The Morgan fingerprint density at radius 1 is 1.17 bits per heavy atom. The number of nitrogens with zero attached hydrogens (tertiary/aromatic N) is 5. The largest absolute Gasteiger partial charge is 0.368 e. The maximum Gasteiger partial charge on any atom is 0.254 e. The molecule has 4 heterocycles. The third-order valence-electron chi connectivity index (χ3n) is 7.45. The maximum atomic E-state index is 13.1. The Labute approximate surface area is 236 Å². The SMILES string of the molecule is CC[C@H]1CN(c2ncc(C3=NCCN3)cc2Cl)CCN1C1CCN(C(=O)c2ccc(Cl)cc2I)CC1. The van der Waals surface area contributed by atoms with E-state index in [0.29, 0.717) is 22.1 Å². The van der Waals surface area contributed by atoms with Crippen molar-refractivity contribution < 1.29 is 4.79 Å². The molecule has 1 atom stereocenters. The summed E-state index contributed by atoms with van der Waals surface area (Å²) in [7, 11) is 0. The van der Waals surface area contributed by atoms with Gasteiger partial charge < -0.3 is 15.1 Å². The smallest absolute Gasteiger partial charge is 0.254 e. The number of rotatable bonds is 5. The van der Waals surface area contributed by atoms with Gasteiger partial charge in [0, 0.05) is 71.7 Å². The number of hydrogen-bond acceptors (Lipinski definition) is 6. The highest BCUT2D eigenvalue weighted by molar-refractivity contribution is 14.1. The number of aliphatic imine (C=N–C) groups is 1. The summed E-state index contributed by atoms with van der Waals surface area (Å²) in [6.07, 6.45) is 4.93. The zero-order chi connectivity index (χ0) is 25.2. The molecule has 5 rings (SSSR count). The standard InChI is InChI=1S/C26H31Cl2IN6O/c1-2-19-16-34(25-22(28)13-17(15-32-25)24-30-7-8-31-24)11-12-35(19)20-5-9-33(10-6-20)26(36)21-4-3-18(27)14-23(21)29/h3-4,13-15,19-20H,2,5-12,16H2,1H3,(H,30,31)/t19-/m0/s1. The van der Waals surface area contributed by atoms with Gasteiger partial charge in [-0.15, -0.1) is 0 Å². The Morgan fingerprint density at radius 3 is 2.64 bits per heavy atom. The molecule has 3 aliphatic rings. The number of halogens is 3. The van der Waals surface area contributed by atoms with Crippen molar-refractivity contribution in [1.29, 1.82) is 0 Å². The second-order valence-corrected chi connectivity index (χ2v) is 11.6. The molecule has 0 aliphatic carbocycles. The van der Waals surface area contributed by atoms with Crippen LogP contribution in [0.4, 0.5) is 5.82 Å². The highest BCUT2D eigenvalue weighted by Crippen LogP contribution is 2.30. The van der Waals surface area contributed by atoms with Gasteiger partial charge in [-0.1, -0.05) is 30.1 Å². The minimum absolute atomic E-state index is 0.106. The molecule has 0 spiro atoms. The topological polar surface area (TPSA) is 64.1 Å². The van der Waals surface area contributed by atoms with E-state index in [9.17, 15) is 4.79 Å². The van der Waals surface area contributed by atoms with Crippen molar-refractivity contribution in [3.63, 3.8) is 0 Å². The van der Waals surface area contributed by atoms with Crippen LogP contribution in [0.15, 0.2) is 35.5 Å². The van der Waals surface area contributed by atoms with Gasteiger partial charge in [0.1, 0.15) is 11.7 Å². The first-order chi connectivity index (χ1) is 17.4. The summed E-state index contributed by atoms with van der Waals surface area (Å²) >= 11 is 15.0. The van der Waals surface area contributed by atoms with Gasteiger partial charge in [0.05, 0.1) is 17.1 Å². The van der Waals surface area contributed by atoms with Gasteiger partial charge in [-0.05, 0) is 66.1 Å². The van der Waals surface area contributed by atoms with E-state index >= 15 is 0 Å². The van der Waals surface area contributed by atoms with Crippen molar-refractivity contribution >= 4 is 63.4 Å². The molecule has 7 nitrogen and oxygen atoms in total. The molecule has 2 aromatic rings. The Balaban J connectivity index is 1.20. The van der Waals surface area contributed by atoms with E-state index in [1.165, 1.54) is 0 Å². The fourth-order valence-electron chi connectivity index (χ4n) is 5.52. The fourth-order valence-corrected chi connectivity index (χ4v) is 6.91. The van der Waals surface area contributed by atoms with Crippen molar-refractivity contribution in [3.05, 3.63) is 55.2 Å². The van der Waals surface area contributed by atoms with Crippen LogP contribution < -0.4 is 10.2 Å². The van der Waals surface area contributed by atoms with Crippen molar-refractivity contribution in [1.82, 2.24) is 20.1 Å². The number of carbonyl (C=O) groups excluding carboxylic acids is 1. The lowest BCUT2D eigenvalue weighted by Crippen LogP contribution is -2.58. The van der Waals surface area contributed by atoms with E-state index in [1.807, 2.05) is 29.3 Å². The number of piperidine rings is 1. The van der Waals surface area contributed by atoms with Gasteiger partial charge in [-0.3, -0.25) is 14.7 Å². The van der Waals surface area contributed by atoms with E-state index in [4.69, 9.17) is 28.2 Å². The van der Waals surface area contributed by atoms with Crippen LogP contribution in [0.25, 0.3) is 0 Å². The van der Waals surface area contributed by atoms with Gasteiger partial charge in [-0.25, -0.2) is 4.98 Å². The number of nitrogens with one attached hydrogen (secondary N) is 1. The lowest BCUT2D eigenvalue weighted by Gasteiger charge is -2.47. The average Bonchev–Trinajstić information content (AvgIpc) is 3.43. The van der Waals surface area contributed by atoms with Crippen LogP contribution >= 0.6 is 45.8 Å². The van der Waals surface area contributed by atoms with Gasteiger partial charge in [0.15, 0.2) is 0 Å². The van der Waals surface area contributed by atoms with Crippen LogP contribution in [0.2, 0.25) is 10.0 Å². The van der Waals surface area contributed by atoms with E-state index in [-0.39, 0.29) is 5.91 Å². The Bertz CT molecular complexity index is 1150. The number of amides is 1. The molecule has 0 saturated carbocycles. The molecule has 3 aliphatic heterocycles. The molecule has 2 saturated heterocycles. The minimum Gasteiger partial charge on any atom is -0.368 e. The number of aromatic nitrogens is 1. The van der Waals surface area contributed by atoms with Crippen molar-refractivity contribution in [2.24, 2.45) is 4.99 Å². The molecule has 2 fully saturated rings. The normalized spacial score (nSPS) is 21.4. The van der Waals surface area contributed by atoms with Gasteiger partial charge in [0.25, 0.3) is 5.91 Å². The van der Waals surface area contributed by atoms with Crippen molar-refractivity contribution in [3.8, 4) is 0 Å². The summed E-state index contributed by atoms with van der Waals surface area (Å²) in [5.74, 6) is 1.84. The molecule has 36 heavy (non-hydrogen) atoms. The first kappa shape index (κ1) is 26.0. The summed E-state index contributed by atoms with van der Waals surface area (Å²) in [6, 6.07) is 8.38. The Hall–Kier alpha value is -1.62. The van der Waals surface area contributed by atoms with E-state index in [2.05, 4.69) is 49.6 Å². The fraction of sp³-hybridized carbons (Fsp3) is 0.500. The number of anilines is 1. The number of likely N-dealkylation sites (tertiary alicyclic amines) is 1. The molecule has 1 aromatic carbocycles. The number of hydrogen-bond donors (Lipinski definition) is 1. The second-order valence-electron chi connectivity index (χ2n) is 9.58. The average molecular weight is 641 g/mol. The third kappa shape index (κ3) is 5.47. The molecule has 0 bridgehead atoms. The molecule has 1 N–H and O–H groups in total. The number of amidine groups is 1. The van der Waals surface area contributed by atoms with Gasteiger partial charge in [0.2, 0.25) is 0 Å². The maximum absolute atomic E-state index is 13.1. The number of pyridine rings is 1. The molecule has 0 radical (unpaired) electrons. The predicted molar refractivity (Wildman–Crippen MR) is 155 cm³/mol. The molecule has 192 valence electrons. The lowest BCUT2D eigenvalue weighted by atomic mass is 9.97. The minimum atomic E-state index is 0.106. The highest BCUT2D eigenvalue weighted by Gasteiger charge is 2.35. The van der Waals surface area contributed by atoms with Crippen LogP contribution in [0, 0.1) is 3.57 Å². The predicted octanol–water partition coefficient (Wildman–Crippen LogP) is 4.55. The summed E-state index contributed by atoms with van der Waals surface area (Å²) in [6.45, 7) is 8.25.